The van der Waals surface area contributed by atoms with E-state index in [4.69, 9.17) is 5.26 Å². The molecule has 0 aliphatic carbocycles. The Morgan fingerprint density at radius 1 is 1.54 bits per heavy atom. The highest BCUT2D eigenvalue weighted by Crippen LogP contribution is 2.17. The van der Waals surface area contributed by atoms with Crippen molar-refractivity contribution in [2.45, 2.75) is 6.92 Å². The van der Waals surface area contributed by atoms with Crippen LogP contribution in [0.4, 0.5) is 4.39 Å². The largest absolute Gasteiger partial charge is 0.207 e. The van der Waals surface area contributed by atoms with Crippen LogP contribution in [0, 0.1) is 23.1 Å². The van der Waals surface area contributed by atoms with E-state index >= 15 is 0 Å². The van der Waals surface area contributed by atoms with Gasteiger partial charge in [0.15, 0.2) is 0 Å². The molecular formula is C11H9FN. The lowest BCUT2D eigenvalue weighted by Gasteiger charge is -2.05. The predicted octanol–water partition coefficient (Wildman–Crippen LogP) is 2.83. The zero-order chi connectivity index (χ0) is 9.84. The van der Waals surface area contributed by atoms with Crippen LogP contribution in [0.25, 0.3) is 0 Å². The molecule has 0 fully saturated rings. The summed E-state index contributed by atoms with van der Waals surface area (Å²) in [6.45, 7) is 5.40. The van der Waals surface area contributed by atoms with Gasteiger partial charge in [-0.3, -0.25) is 0 Å². The second-order valence-electron chi connectivity index (χ2n) is 2.73. The summed E-state index contributed by atoms with van der Waals surface area (Å²) in [4.78, 5) is 0. The molecule has 0 amide bonds. The lowest BCUT2D eigenvalue weighted by molar-refractivity contribution is 0.626. The normalized spacial score (nSPS) is 9.69. The van der Waals surface area contributed by atoms with Crippen LogP contribution < -0.4 is 0 Å². The summed E-state index contributed by atoms with van der Waals surface area (Å²) in [5, 5.41) is 8.59. The third kappa shape index (κ3) is 2.16. The molecule has 0 N–H and O–H groups in total. The molecule has 1 radical (unpaired) electrons. The van der Waals surface area contributed by atoms with Crippen LogP contribution in [0.5, 0.6) is 0 Å². The summed E-state index contributed by atoms with van der Waals surface area (Å²) in [6.07, 6.45) is 1.63. The van der Waals surface area contributed by atoms with Crippen molar-refractivity contribution in [1.82, 2.24) is 0 Å². The molecule has 0 heterocycles. The zero-order valence-corrected chi connectivity index (χ0v) is 7.34. The zero-order valence-electron chi connectivity index (χ0n) is 7.34. The highest BCUT2D eigenvalue weighted by Gasteiger charge is 2.05. The number of nitriles is 1. The third-order valence-electron chi connectivity index (χ3n) is 1.79. The minimum atomic E-state index is -0.393. The van der Waals surface area contributed by atoms with Crippen LogP contribution >= 0.6 is 0 Å². The van der Waals surface area contributed by atoms with Crippen molar-refractivity contribution < 1.29 is 4.39 Å². The fourth-order valence-electron chi connectivity index (χ4n) is 1.000. The maximum Gasteiger partial charge on any atom is 0.124 e. The Morgan fingerprint density at radius 3 is 2.77 bits per heavy atom. The van der Waals surface area contributed by atoms with Crippen molar-refractivity contribution in [1.29, 1.82) is 5.26 Å². The molecule has 0 atom stereocenters. The summed E-state index contributed by atoms with van der Waals surface area (Å²) < 4.78 is 12.9. The fourth-order valence-corrected chi connectivity index (χ4v) is 1.000. The van der Waals surface area contributed by atoms with Crippen molar-refractivity contribution in [3.05, 3.63) is 53.7 Å². The van der Waals surface area contributed by atoms with E-state index in [2.05, 4.69) is 6.58 Å². The van der Waals surface area contributed by atoms with E-state index in [1.54, 1.807) is 12.1 Å². The van der Waals surface area contributed by atoms with E-state index in [-0.39, 0.29) is 0 Å². The van der Waals surface area contributed by atoms with Gasteiger partial charge in [-0.2, -0.15) is 5.26 Å². The van der Waals surface area contributed by atoms with Gasteiger partial charge in [0, 0.05) is 5.92 Å². The van der Waals surface area contributed by atoms with Crippen molar-refractivity contribution in [2.75, 3.05) is 0 Å². The second kappa shape index (κ2) is 3.86. The van der Waals surface area contributed by atoms with Crippen LogP contribution in [0.2, 0.25) is 0 Å². The van der Waals surface area contributed by atoms with Gasteiger partial charge in [0.05, 0.1) is 11.6 Å². The van der Waals surface area contributed by atoms with Gasteiger partial charge in [0.2, 0.25) is 0 Å². The van der Waals surface area contributed by atoms with Crippen LogP contribution in [-0.2, 0) is 0 Å². The fraction of sp³-hybridized carbons (Fsp3) is 0.0909. The Balaban J connectivity index is 3.17. The number of allylic oxidation sites excluding steroid dienone is 1. The molecule has 0 spiro atoms. The van der Waals surface area contributed by atoms with Gasteiger partial charge in [-0.05, 0) is 23.8 Å². The number of halogens is 1. The first-order valence-electron chi connectivity index (χ1n) is 3.84. The minimum absolute atomic E-state index is 0.330. The maximum absolute atomic E-state index is 12.9. The molecule has 0 aliphatic rings. The van der Waals surface area contributed by atoms with Gasteiger partial charge >= 0.3 is 0 Å². The molecule has 1 aromatic carbocycles. The quantitative estimate of drug-likeness (QED) is 0.676. The Labute approximate surface area is 77.1 Å². The van der Waals surface area contributed by atoms with Crippen molar-refractivity contribution in [2.24, 2.45) is 0 Å². The third-order valence-corrected chi connectivity index (χ3v) is 1.79. The van der Waals surface area contributed by atoms with Crippen LogP contribution in [-0.4, -0.2) is 0 Å². The molecule has 1 rings (SSSR count). The second-order valence-corrected chi connectivity index (χ2v) is 2.73. The SMILES string of the molecule is C=C[C](C)c1cc(F)cc(C#N)c1. The average molecular weight is 174 g/mol. The summed E-state index contributed by atoms with van der Waals surface area (Å²) in [7, 11) is 0. The van der Waals surface area contributed by atoms with E-state index in [9.17, 15) is 4.39 Å². The van der Waals surface area contributed by atoms with Gasteiger partial charge in [-0.1, -0.05) is 13.0 Å². The highest BCUT2D eigenvalue weighted by atomic mass is 19.1. The molecule has 1 aromatic rings. The molecule has 2 heteroatoms. The first-order valence-corrected chi connectivity index (χ1v) is 3.84. The van der Waals surface area contributed by atoms with Gasteiger partial charge in [-0.25, -0.2) is 4.39 Å². The summed E-state index contributed by atoms with van der Waals surface area (Å²) in [6, 6.07) is 6.13. The first-order chi connectivity index (χ1) is 6.17. The van der Waals surface area contributed by atoms with Crippen LogP contribution in [0.1, 0.15) is 18.1 Å². The average Bonchev–Trinajstić information content (AvgIpc) is 2.15. The molecule has 0 aromatic heterocycles. The molecule has 0 bridgehead atoms. The Kier molecular flexibility index (Phi) is 2.81. The van der Waals surface area contributed by atoms with E-state index in [1.165, 1.54) is 12.1 Å². The van der Waals surface area contributed by atoms with Gasteiger partial charge in [0.1, 0.15) is 5.82 Å². The predicted molar refractivity (Wildman–Crippen MR) is 49.3 cm³/mol. The number of rotatable bonds is 2. The number of nitrogens with zero attached hydrogens (tertiary/aromatic N) is 1. The van der Waals surface area contributed by atoms with E-state index in [0.29, 0.717) is 11.1 Å². The van der Waals surface area contributed by atoms with Crippen molar-refractivity contribution in [3.8, 4) is 6.07 Å². The summed E-state index contributed by atoms with van der Waals surface area (Å²) >= 11 is 0. The molecular weight excluding hydrogens is 165 g/mol. The molecule has 0 unspecified atom stereocenters. The number of hydrogen-bond acceptors (Lipinski definition) is 1. The monoisotopic (exact) mass is 174 g/mol. The van der Waals surface area contributed by atoms with E-state index in [1.807, 2.05) is 13.0 Å². The molecule has 0 saturated heterocycles. The Morgan fingerprint density at radius 2 is 2.23 bits per heavy atom. The molecule has 1 nitrogen and oxygen atoms in total. The van der Waals surface area contributed by atoms with E-state index < -0.39 is 5.82 Å². The molecule has 0 aliphatic heterocycles. The van der Waals surface area contributed by atoms with Crippen molar-refractivity contribution in [3.63, 3.8) is 0 Å². The smallest absolute Gasteiger partial charge is 0.124 e. The summed E-state index contributed by atoms with van der Waals surface area (Å²) in [5.74, 6) is 0.464. The molecule has 0 saturated carbocycles. The first kappa shape index (κ1) is 9.47. The highest BCUT2D eigenvalue weighted by molar-refractivity contribution is 5.42. The Hall–Kier alpha value is -1.62. The number of hydrogen-bond donors (Lipinski definition) is 0. The van der Waals surface area contributed by atoms with Gasteiger partial charge < -0.3 is 0 Å². The van der Waals surface area contributed by atoms with Crippen LogP contribution in [0.3, 0.4) is 0 Å². The maximum atomic E-state index is 12.9. The topological polar surface area (TPSA) is 23.8 Å². The molecule has 13 heavy (non-hydrogen) atoms. The van der Waals surface area contributed by atoms with Crippen LogP contribution in [0.15, 0.2) is 30.9 Å². The Bertz CT molecular complexity index is 363. The van der Waals surface area contributed by atoms with Gasteiger partial charge in [-0.15, -0.1) is 6.58 Å². The lowest BCUT2D eigenvalue weighted by atomic mass is 9.99. The van der Waals surface area contributed by atoms with Gasteiger partial charge in [0.25, 0.3) is 0 Å². The van der Waals surface area contributed by atoms with E-state index in [0.717, 1.165) is 5.92 Å². The standard InChI is InChI=1S/C11H9FN/c1-3-8(2)10-4-9(7-13)5-11(12)6-10/h3-6H,1H2,2H3. The molecule has 65 valence electrons. The summed E-state index contributed by atoms with van der Waals surface area (Å²) in [5.41, 5.74) is 1.03. The minimum Gasteiger partial charge on any atom is -0.207 e. The number of benzene rings is 1. The lowest BCUT2D eigenvalue weighted by Crippen LogP contribution is -1.92. The van der Waals surface area contributed by atoms with Crippen molar-refractivity contribution >= 4 is 0 Å².